The minimum absolute atomic E-state index is 0.116. The van der Waals surface area contributed by atoms with E-state index in [-0.39, 0.29) is 18.4 Å². The molecule has 0 saturated carbocycles. The lowest BCUT2D eigenvalue weighted by Crippen LogP contribution is -2.41. The van der Waals surface area contributed by atoms with E-state index in [1.807, 2.05) is 0 Å². The molecule has 0 aromatic carbocycles. The Morgan fingerprint density at radius 1 is 1.47 bits per heavy atom. The third kappa shape index (κ3) is 4.29. The van der Waals surface area contributed by atoms with Crippen LogP contribution in [0.25, 0.3) is 0 Å². The van der Waals surface area contributed by atoms with Crippen LogP contribution >= 0.6 is 0 Å². The van der Waals surface area contributed by atoms with Gasteiger partial charge in [-0.15, -0.1) is 0 Å². The molecule has 5 nitrogen and oxygen atoms in total. The first-order valence-corrected chi connectivity index (χ1v) is 5.19. The molecule has 0 aromatic rings. The van der Waals surface area contributed by atoms with Crippen molar-refractivity contribution in [3.05, 3.63) is 0 Å². The number of rotatable bonds is 4. The van der Waals surface area contributed by atoms with Crippen molar-refractivity contribution in [2.75, 3.05) is 13.2 Å². The van der Waals surface area contributed by atoms with Gasteiger partial charge in [-0.2, -0.15) is 0 Å². The van der Waals surface area contributed by atoms with Crippen LogP contribution in [-0.2, 0) is 14.3 Å². The van der Waals surface area contributed by atoms with Gasteiger partial charge >= 0.3 is 5.97 Å². The Morgan fingerprint density at radius 3 is 2.60 bits per heavy atom. The van der Waals surface area contributed by atoms with E-state index in [0.29, 0.717) is 13.2 Å². The van der Waals surface area contributed by atoms with Crippen molar-refractivity contribution in [1.29, 1.82) is 0 Å². The summed E-state index contributed by atoms with van der Waals surface area (Å²) in [5.41, 5.74) is 0. The van der Waals surface area contributed by atoms with Crippen LogP contribution in [-0.4, -0.2) is 36.2 Å². The molecule has 1 aliphatic rings. The zero-order valence-electron chi connectivity index (χ0n) is 8.86. The summed E-state index contributed by atoms with van der Waals surface area (Å²) in [6.07, 6.45) is 1.51. The summed E-state index contributed by atoms with van der Waals surface area (Å²) in [5, 5.41) is 11.4. The SMILES string of the molecule is CC(CC(=O)O)C(=O)NC1CCOCC1. The first-order valence-electron chi connectivity index (χ1n) is 5.19. The number of ether oxygens (including phenoxy) is 1. The fourth-order valence-electron chi connectivity index (χ4n) is 1.54. The summed E-state index contributed by atoms with van der Waals surface area (Å²) >= 11 is 0. The molecule has 5 heteroatoms. The molecule has 0 spiro atoms. The number of aliphatic carboxylic acids is 1. The molecular weight excluding hydrogens is 198 g/mol. The van der Waals surface area contributed by atoms with Crippen LogP contribution in [0.5, 0.6) is 0 Å². The maximum Gasteiger partial charge on any atom is 0.304 e. The highest BCUT2D eigenvalue weighted by Gasteiger charge is 2.21. The number of carbonyl (C=O) groups is 2. The Bertz CT molecular complexity index is 236. The van der Waals surface area contributed by atoms with Gasteiger partial charge in [0.25, 0.3) is 0 Å². The van der Waals surface area contributed by atoms with Gasteiger partial charge in [0.1, 0.15) is 0 Å². The van der Waals surface area contributed by atoms with Gasteiger partial charge in [-0.05, 0) is 12.8 Å². The monoisotopic (exact) mass is 215 g/mol. The number of hydrogen-bond donors (Lipinski definition) is 2. The predicted octanol–water partition coefficient (Wildman–Crippen LogP) is 0.392. The summed E-state index contributed by atoms with van der Waals surface area (Å²) in [4.78, 5) is 21.9. The molecular formula is C10H17NO4. The smallest absolute Gasteiger partial charge is 0.304 e. The van der Waals surface area contributed by atoms with E-state index in [0.717, 1.165) is 12.8 Å². The molecule has 1 fully saturated rings. The highest BCUT2D eigenvalue weighted by Crippen LogP contribution is 2.08. The molecule has 1 amide bonds. The second-order valence-electron chi connectivity index (χ2n) is 3.89. The van der Waals surface area contributed by atoms with Gasteiger partial charge in [-0.25, -0.2) is 0 Å². The zero-order valence-corrected chi connectivity index (χ0v) is 8.86. The van der Waals surface area contributed by atoms with E-state index >= 15 is 0 Å². The average Bonchev–Trinajstić information content (AvgIpc) is 2.18. The van der Waals surface area contributed by atoms with Gasteiger partial charge in [-0.1, -0.05) is 6.92 Å². The van der Waals surface area contributed by atoms with E-state index in [9.17, 15) is 9.59 Å². The third-order valence-electron chi connectivity index (χ3n) is 2.50. The van der Waals surface area contributed by atoms with Crippen LogP contribution < -0.4 is 5.32 Å². The zero-order chi connectivity index (χ0) is 11.3. The maximum absolute atomic E-state index is 11.5. The molecule has 0 radical (unpaired) electrons. The van der Waals surface area contributed by atoms with Crippen molar-refractivity contribution in [1.82, 2.24) is 5.32 Å². The standard InChI is InChI=1S/C10H17NO4/c1-7(6-9(12)13)10(14)11-8-2-4-15-5-3-8/h7-8H,2-6H2,1H3,(H,11,14)(H,12,13). The number of carbonyl (C=O) groups excluding carboxylic acids is 1. The first-order chi connectivity index (χ1) is 7.09. The fourth-order valence-corrected chi connectivity index (χ4v) is 1.54. The predicted molar refractivity (Wildman–Crippen MR) is 53.4 cm³/mol. The Morgan fingerprint density at radius 2 is 2.07 bits per heavy atom. The van der Waals surface area contributed by atoms with Crippen molar-refractivity contribution < 1.29 is 19.4 Å². The van der Waals surface area contributed by atoms with Crippen molar-refractivity contribution in [2.45, 2.75) is 32.2 Å². The van der Waals surface area contributed by atoms with Gasteiger partial charge in [0, 0.05) is 25.2 Å². The van der Waals surface area contributed by atoms with Crippen molar-refractivity contribution in [3.63, 3.8) is 0 Å². The molecule has 1 saturated heterocycles. The Balaban J connectivity index is 2.30. The summed E-state index contributed by atoms with van der Waals surface area (Å²) in [6, 6.07) is 0.141. The molecule has 1 aliphatic heterocycles. The Kier molecular flexibility index (Phi) is 4.55. The molecule has 2 N–H and O–H groups in total. The van der Waals surface area contributed by atoms with Gasteiger partial charge in [0.05, 0.1) is 6.42 Å². The Hall–Kier alpha value is -1.10. The summed E-state index contributed by atoms with van der Waals surface area (Å²) in [7, 11) is 0. The number of nitrogens with one attached hydrogen (secondary N) is 1. The first kappa shape index (κ1) is 12.0. The molecule has 86 valence electrons. The molecule has 15 heavy (non-hydrogen) atoms. The van der Waals surface area contributed by atoms with Crippen LogP contribution in [0.1, 0.15) is 26.2 Å². The highest BCUT2D eigenvalue weighted by atomic mass is 16.5. The van der Waals surface area contributed by atoms with E-state index < -0.39 is 11.9 Å². The third-order valence-corrected chi connectivity index (χ3v) is 2.50. The summed E-state index contributed by atoms with van der Waals surface area (Å²) < 4.78 is 5.16. The molecule has 1 rings (SSSR count). The van der Waals surface area contributed by atoms with Crippen molar-refractivity contribution in [3.8, 4) is 0 Å². The molecule has 0 aromatic heterocycles. The van der Waals surface area contributed by atoms with E-state index in [4.69, 9.17) is 9.84 Å². The van der Waals surface area contributed by atoms with Gasteiger partial charge in [0.15, 0.2) is 0 Å². The van der Waals surface area contributed by atoms with Crippen LogP contribution in [0.3, 0.4) is 0 Å². The lowest BCUT2D eigenvalue weighted by Gasteiger charge is -2.24. The summed E-state index contributed by atoms with van der Waals surface area (Å²) in [6.45, 7) is 2.96. The Labute approximate surface area is 88.8 Å². The summed E-state index contributed by atoms with van der Waals surface area (Å²) in [5.74, 6) is -1.58. The minimum Gasteiger partial charge on any atom is -0.481 e. The molecule has 1 unspecified atom stereocenters. The van der Waals surface area contributed by atoms with Crippen molar-refractivity contribution >= 4 is 11.9 Å². The maximum atomic E-state index is 11.5. The molecule has 0 bridgehead atoms. The molecule has 1 heterocycles. The normalized spacial score (nSPS) is 19.5. The van der Waals surface area contributed by atoms with Crippen LogP contribution in [0.15, 0.2) is 0 Å². The van der Waals surface area contributed by atoms with E-state index in [1.54, 1.807) is 6.92 Å². The van der Waals surface area contributed by atoms with E-state index in [1.165, 1.54) is 0 Å². The topological polar surface area (TPSA) is 75.6 Å². The van der Waals surface area contributed by atoms with Gasteiger partial charge in [-0.3, -0.25) is 9.59 Å². The van der Waals surface area contributed by atoms with Gasteiger partial charge < -0.3 is 15.2 Å². The number of amides is 1. The number of carboxylic acids is 1. The van der Waals surface area contributed by atoms with Crippen LogP contribution in [0, 0.1) is 5.92 Å². The number of carboxylic acid groups (broad SMARTS) is 1. The molecule has 0 aliphatic carbocycles. The van der Waals surface area contributed by atoms with Gasteiger partial charge in [0.2, 0.25) is 5.91 Å². The second-order valence-corrected chi connectivity index (χ2v) is 3.89. The minimum atomic E-state index is -0.940. The quantitative estimate of drug-likeness (QED) is 0.711. The lowest BCUT2D eigenvalue weighted by atomic mass is 10.0. The number of hydrogen-bond acceptors (Lipinski definition) is 3. The fraction of sp³-hybridized carbons (Fsp3) is 0.800. The highest BCUT2D eigenvalue weighted by molar-refractivity contribution is 5.82. The second kappa shape index (κ2) is 5.70. The van der Waals surface area contributed by atoms with Crippen LogP contribution in [0.2, 0.25) is 0 Å². The van der Waals surface area contributed by atoms with E-state index in [2.05, 4.69) is 5.32 Å². The average molecular weight is 215 g/mol. The molecule has 1 atom stereocenters. The largest absolute Gasteiger partial charge is 0.481 e. The van der Waals surface area contributed by atoms with Crippen molar-refractivity contribution in [2.24, 2.45) is 5.92 Å². The van der Waals surface area contributed by atoms with Crippen LogP contribution in [0.4, 0.5) is 0 Å². The lowest BCUT2D eigenvalue weighted by molar-refractivity contribution is -0.141.